The van der Waals surface area contributed by atoms with Gasteiger partial charge >= 0.3 is 6.09 Å². The van der Waals surface area contributed by atoms with Crippen molar-refractivity contribution in [1.82, 2.24) is 4.90 Å². The van der Waals surface area contributed by atoms with Crippen molar-refractivity contribution >= 4 is 22.0 Å². The third kappa shape index (κ3) is 2.91. The number of nitrogens with zero attached hydrogens (tertiary/aromatic N) is 1. The summed E-state index contributed by atoms with van der Waals surface area (Å²) in [4.78, 5) is 13.3. The molecule has 1 aliphatic heterocycles. The lowest BCUT2D eigenvalue weighted by Gasteiger charge is -2.40. The molecule has 0 aliphatic carbocycles. The number of methoxy groups -OCH3 is 1. The quantitative estimate of drug-likeness (QED) is 0.822. The Morgan fingerprint density at radius 1 is 1.37 bits per heavy atom. The van der Waals surface area contributed by atoms with Crippen molar-refractivity contribution in [2.75, 3.05) is 13.7 Å². The van der Waals surface area contributed by atoms with E-state index in [9.17, 15) is 15.0 Å². The fourth-order valence-corrected chi connectivity index (χ4v) is 2.87. The summed E-state index contributed by atoms with van der Waals surface area (Å²) in [6.45, 7) is 0.0554. The fourth-order valence-electron chi connectivity index (χ4n) is 2.32. The minimum Gasteiger partial charge on any atom is -0.453 e. The molecule has 19 heavy (non-hydrogen) atoms. The zero-order chi connectivity index (χ0) is 14.0. The lowest BCUT2D eigenvalue weighted by atomic mass is 9.92. The van der Waals surface area contributed by atoms with E-state index in [1.165, 1.54) is 12.0 Å². The van der Waals surface area contributed by atoms with Gasteiger partial charge in [-0.3, -0.25) is 4.90 Å². The van der Waals surface area contributed by atoms with Crippen LogP contribution in [0.1, 0.15) is 18.0 Å². The predicted molar refractivity (Wildman–Crippen MR) is 72.6 cm³/mol. The van der Waals surface area contributed by atoms with E-state index in [1.54, 1.807) is 0 Å². The van der Waals surface area contributed by atoms with Crippen LogP contribution in [0, 0.1) is 0 Å². The third-order valence-corrected chi connectivity index (χ3v) is 4.06. The van der Waals surface area contributed by atoms with Crippen molar-refractivity contribution in [2.24, 2.45) is 0 Å². The molecule has 0 bridgehead atoms. The molecule has 1 aliphatic rings. The number of carbonyl (C=O) groups is 1. The van der Waals surface area contributed by atoms with Gasteiger partial charge in [-0.2, -0.15) is 0 Å². The predicted octanol–water partition coefficient (Wildman–Crippen LogP) is 1.68. The van der Waals surface area contributed by atoms with Gasteiger partial charge in [0, 0.05) is 10.9 Å². The van der Waals surface area contributed by atoms with E-state index >= 15 is 0 Å². The summed E-state index contributed by atoms with van der Waals surface area (Å²) < 4.78 is 5.60. The van der Waals surface area contributed by atoms with Crippen LogP contribution < -0.4 is 0 Å². The van der Waals surface area contributed by atoms with Crippen LogP contribution in [-0.2, 0) is 4.74 Å². The average Bonchev–Trinajstić information content (AvgIpc) is 2.41. The number of ether oxygens (including phenoxy) is 1. The smallest absolute Gasteiger partial charge is 0.410 e. The van der Waals surface area contributed by atoms with E-state index in [0.717, 1.165) is 10.0 Å². The van der Waals surface area contributed by atoms with Gasteiger partial charge in [-0.1, -0.05) is 34.1 Å². The van der Waals surface area contributed by atoms with E-state index < -0.39 is 18.3 Å². The Bertz CT molecular complexity index is 468. The molecule has 104 valence electrons. The molecule has 1 aromatic rings. The maximum absolute atomic E-state index is 11.8. The molecule has 2 rings (SSSR count). The number of amides is 1. The Kier molecular flexibility index (Phi) is 4.44. The van der Waals surface area contributed by atoms with Crippen molar-refractivity contribution < 1.29 is 19.7 Å². The molecular formula is C13H16BrNO4. The van der Waals surface area contributed by atoms with Crippen molar-refractivity contribution in [1.29, 1.82) is 0 Å². The second-order valence-corrected chi connectivity index (χ2v) is 5.38. The summed E-state index contributed by atoms with van der Waals surface area (Å²) in [5.74, 6) is 0. The van der Waals surface area contributed by atoms with Crippen LogP contribution in [0.15, 0.2) is 28.7 Å². The number of hydrogen-bond acceptors (Lipinski definition) is 4. The number of rotatable bonds is 1. The van der Waals surface area contributed by atoms with Crippen molar-refractivity contribution in [3.05, 3.63) is 34.3 Å². The number of hydrogen-bond donors (Lipinski definition) is 2. The van der Waals surface area contributed by atoms with Crippen LogP contribution in [0.3, 0.4) is 0 Å². The molecular weight excluding hydrogens is 314 g/mol. The van der Waals surface area contributed by atoms with Crippen LogP contribution in [0.4, 0.5) is 4.79 Å². The van der Waals surface area contributed by atoms with Gasteiger partial charge in [-0.05, 0) is 11.6 Å². The Balaban J connectivity index is 2.34. The number of benzene rings is 1. The van der Waals surface area contributed by atoms with Crippen molar-refractivity contribution in [3.63, 3.8) is 0 Å². The van der Waals surface area contributed by atoms with Crippen LogP contribution in [0.25, 0.3) is 0 Å². The lowest BCUT2D eigenvalue weighted by Crippen LogP contribution is -2.50. The molecule has 6 heteroatoms. The van der Waals surface area contributed by atoms with E-state index in [-0.39, 0.29) is 19.0 Å². The van der Waals surface area contributed by atoms with Crippen LogP contribution in [-0.4, -0.2) is 47.1 Å². The highest BCUT2D eigenvalue weighted by Gasteiger charge is 2.38. The zero-order valence-corrected chi connectivity index (χ0v) is 12.1. The molecule has 5 nitrogen and oxygen atoms in total. The SMILES string of the molecule is COC(=O)N1C[C@H](O)[C@H](O)C[C@@H]1c1ccccc1Br. The number of β-amino-alcohol motifs (C(OH)–C–C–N with tert-alkyl or cyclic N) is 1. The van der Waals surface area contributed by atoms with Crippen molar-refractivity contribution in [3.8, 4) is 0 Å². The largest absolute Gasteiger partial charge is 0.453 e. The molecule has 0 spiro atoms. The van der Waals surface area contributed by atoms with Crippen LogP contribution >= 0.6 is 15.9 Å². The summed E-state index contributed by atoms with van der Waals surface area (Å²) in [7, 11) is 1.30. The first-order valence-corrected chi connectivity index (χ1v) is 6.79. The highest BCUT2D eigenvalue weighted by Crippen LogP contribution is 2.35. The molecule has 1 saturated heterocycles. The second kappa shape index (κ2) is 5.90. The normalized spacial score (nSPS) is 27.2. The average molecular weight is 330 g/mol. The van der Waals surface area contributed by atoms with Crippen molar-refractivity contribution in [2.45, 2.75) is 24.7 Å². The van der Waals surface area contributed by atoms with E-state index in [0.29, 0.717) is 0 Å². The summed E-state index contributed by atoms with van der Waals surface area (Å²) in [6, 6.07) is 7.19. The fraction of sp³-hybridized carbons (Fsp3) is 0.462. The number of piperidine rings is 1. The first-order chi connectivity index (χ1) is 9.04. The van der Waals surface area contributed by atoms with Gasteiger partial charge in [0.25, 0.3) is 0 Å². The summed E-state index contributed by atoms with van der Waals surface area (Å²) in [5, 5.41) is 19.5. The molecule has 1 fully saturated rings. The van der Waals surface area contributed by atoms with Crippen LogP contribution in [0.5, 0.6) is 0 Å². The number of halogens is 1. The zero-order valence-electron chi connectivity index (χ0n) is 10.5. The standard InChI is InChI=1S/C13H16BrNO4/c1-19-13(18)15-7-12(17)11(16)6-10(15)8-4-2-3-5-9(8)14/h2-5,10-12,16-17H,6-7H2,1H3/t10-,11-,12+/m1/s1. The minimum atomic E-state index is -0.946. The first-order valence-electron chi connectivity index (χ1n) is 5.99. The second-order valence-electron chi connectivity index (χ2n) is 4.53. The Labute approximate surface area is 119 Å². The van der Waals surface area contributed by atoms with E-state index in [4.69, 9.17) is 4.74 Å². The number of aliphatic hydroxyl groups is 2. The minimum absolute atomic E-state index is 0.0554. The van der Waals surface area contributed by atoms with E-state index in [1.807, 2.05) is 24.3 Å². The molecule has 0 radical (unpaired) electrons. The molecule has 0 saturated carbocycles. The van der Waals surface area contributed by atoms with Gasteiger partial charge in [-0.25, -0.2) is 4.79 Å². The Hall–Kier alpha value is -1.11. The first kappa shape index (κ1) is 14.3. The summed E-state index contributed by atoms with van der Waals surface area (Å²) in [5.41, 5.74) is 0.888. The maximum Gasteiger partial charge on any atom is 0.410 e. The molecule has 0 aromatic heterocycles. The van der Waals surface area contributed by atoms with E-state index in [2.05, 4.69) is 15.9 Å². The summed E-state index contributed by atoms with van der Waals surface area (Å²) >= 11 is 3.44. The third-order valence-electron chi connectivity index (χ3n) is 3.34. The van der Waals surface area contributed by atoms with Crippen LogP contribution in [0.2, 0.25) is 0 Å². The maximum atomic E-state index is 11.8. The lowest BCUT2D eigenvalue weighted by molar-refractivity contribution is -0.0563. The van der Waals surface area contributed by atoms with Gasteiger partial charge in [0.05, 0.1) is 31.9 Å². The molecule has 3 atom stereocenters. The highest BCUT2D eigenvalue weighted by molar-refractivity contribution is 9.10. The summed E-state index contributed by atoms with van der Waals surface area (Å²) in [6.07, 6.45) is -2.03. The van der Waals surface area contributed by atoms with Gasteiger partial charge in [0.1, 0.15) is 0 Å². The highest BCUT2D eigenvalue weighted by atomic mass is 79.9. The molecule has 0 unspecified atom stereocenters. The van der Waals surface area contributed by atoms with Gasteiger partial charge in [0.2, 0.25) is 0 Å². The Morgan fingerprint density at radius 3 is 2.68 bits per heavy atom. The van der Waals surface area contributed by atoms with Gasteiger partial charge in [0.15, 0.2) is 0 Å². The Morgan fingerprint density at radius 2 is 2.05 bits per heavy atom. The molecule has 1 aromatic carbocycles. The monoisotopic (exact) mass is 329 g/mol. The molecule has 1 amide bonds. The number of carbonyl (C=O) groups excluding carboxylic acids is 1. The number of likely N-dealkylation sites (tertiary alicyclic amines) is 1. The molecule has 2 N–H and O–H groups in total. The molecule has 1 heterocycles. The van der Waals surface area contributed by atoms with Gasteiger partial charge in [-0.15, -0.1) is 0 Å². The number of aliphatic hydroxyl groups excluding tert-OH is 2. The van der Waals surface area contributed by atoms with Gasteiger partial charge < -0.3 is 14.9 Å². The topological polar surface area (TPSA) is 70.0 Å².